The minimum Gasteiger partial charge on any atom is -0.491 e. The van der Waals surface area contributed by atoms with Gasteiger partial charge in [0, 0.05) is 24.0 Å². The highest BCUT2D eigenvalue weighted by Crippen LogP contribution is 2.34. The zero-order chi connectivity index (χ0) is 16.7. The molecule has 2 N–H and O–H groups in total. The summed E-state index contributed by atoms with van der Waals surface area (Å²) < 4.78 is 5.39. The number of aliphatic hydroxyl groups excluding tert-OH is 1. The number of nitrogens with zero attached hydrogens (tertiary/aromatic N) is 3. The number of amides is 1. The Kier molecular flexibility index (Phi) is 5.54. The molecule has 1 aromatic carbocycles. The Balaban J connectivity index is 2.36. The second-order valence-corrected chi connectivity index (χ2v) is 4.39. The van der Waals surface area contributed by atoms with Crippen molar-refractivity contribution in [1.29, 1.82) is 0 Å². The second kappa shape index (κ2) is 7.81. The molecule has 0 bridgehead atoms. The zero-order valence-corrected chi connectivity index (χ0v) is 12.4. The van der Waals surface area contributed by atoms with Crippen molar-refractivity contribution in [2.45, 2.75) is 0 Å². The number of rotatable bonds is 7. The number of anilines is 1. The van der Waals surface area contributed by atoms with Gasteiger partial charge in [-0.25, -0.2) is 4.98 Å². The van der Waals surface area contributed by atoms with Gasteiger partial charge in [0.25, 0.3) is 5.91 Å². The monoisotopic (exact) mass is 312 g/mol. The number of hydrogen-bond acceptors (Lipinski definition) is 6. The number of aliphatic hydroxyl groups is 1. The molecule has 7 heteroatoms. The fraction of sp³-hybridized carbons (Fsp3) is 0.125. The van der Waals surface area contributed by atoms with Crippen LogP contribution in [0.5, 0.6) is 5.75 Å². The summed E-state index contributed by atoms with van der Waals surface area (Å²) in [6, 6.07) is 3.30. The van der Waals surface area contributed by atoms with E-state index in [1.807, 2.05) is 0 Å². The average molecular weight is 312 g/mol. The van der Waals surface area contributed by atoms with E-state index in [2.05, 4.69) is 33.6 Å². The Hall–Kier alpha value is -3.06. The third kappa shape index (κ3) is 3.98. The van der Waals surface area contributed by atoms with Crippen molar-refractivity contribution in [3.8, 4) is 5.75 Å². The van der Waals surface area contributed by atoms with Gasteiger partial charge in [-0.2, -0.15) is 0 Å². The Morgan fingerprint density at radius 2 is 2.26 bits per heavy atom. The van der Waals surface area contributed by atoms with Crippen molar-refractivity contribution < 1.29 is 14.6 Å². The van der Waals surface area contributed by atoms with E-state index in [1.165, 1.54) is 18.6 Å². The summed E-state index contributed by atoms with van der Waals surface area (Å²) in [7, 11) is 0. The molecule has 1 amide bonds. The van der Waals surface area contributed by atoms with Crippen LogP contribution in [-0.4, -0.2) is 40.9 Å². The summed E-state index contributed by atoms with van der Waals surface area (Å²) in [6.07, 6.45) is 5.84. The molecule has 0 aliphatic carbocycles. The standard InChI is InChI=1S/C16H16N4O3/c1-3-11-8-12(23-7-6-21)9-13(15(11)17-2)20-16(22)14-10-18-4-5-19-14/h3-5,8-10,21H,1-2,6-7H2,(H,20,22). The Labute approximate surface area is 133 Å². The van der Waals surface area contributed by atoms with Gasteiger partial charge >= 0.3 is 0 Å². The maximum Gasteiger partial charge on any atom is 0.275 e. The first-order chi connectivity index (χ1) is 11.2. The Bertz CT molecular complexity index is 717. The first kappa shape index (κ1) is 16.3. The highest BCUT2D eigenvalue weighted by molar-refractivity contribution is 6.05. The summed E-state index contributed by atoms with van der Waals surface area (Å²) in [4.78, 5) is 24.0. The molecular formula is C16H16N4O3. The minimum atomic E-state index is -0.433. The molecule has 0 atom stereocenters. The molecule has 7 nitrogen and oxygen atoms in total. The maximum absolute atomic E-state index is 12.2. The van der Waals surface area contributed by atoms with Crippen LogP contribution in [0.15, 0.2) is 42.3 Å². The maximum atomic E-state index is 12.2. The Morgan fingerprint density at radius 3 is 2.87 bits per heavy atom. The number of nitrogens with one attached hydrogen (secondary N) is 1. The molecule has 0 radical (unpaired) electrons. The quantitative estimate of drug-likeness (QED) is 0.763. The van der Waals surface area contributed by atoms with Crippen molar-refractivity contribution >= 4 is 30.1 Å². The van der Waals surface area contributed by atoms with Crippen LogP contribution in [0.25, 0.3) is 6.08 Å². The van der Waals surface area contributed by atoms with Gasteiger partial charge in [-0.15, -0.1) is 0 Å². The molecule has 0 unspecified atom stereocenters. The number of aliphatic imine (C=N–C) groups is 1. The lowest BCUT2D eigenvalue weighted by Gasteiger charge is -2.13. The van der Waals surface area contributed by atoms with E-state index in [9.17, 15) is 4.79 Å². The Morgan fingerprint density at radius 1 is 1.43 bits per heavy atom. The van der Waals surface area contributed by atoms with Crippen LogP contribution >= 0.6 is 0 Å². The van der Waals surface area contributed by atoms with E-state index in [4.69, 9.17) is 9.84 Å². The van der Waals surface area contributed by atoms with Crippen LogP contribution in [0.3, 0.4) is 0 Å². The molecule has 2 aromatic rings. The molecule has 0 aliphatic rings. The molecule has 0 saturated carbocycles. The van der Waals surface area contributed by atoms with E-state index in [0.29, 0.717) is 22.7 Å². The molecule has 2 rings (SSSR count). The van der Waals surface area contributed by atoms with Gasteiger partial charge in [0.05, 0.1) is 24.2 Å². The normalized spacial score (nSPS) is 9.96. The molecule has 1 aromatic heterocycles. The third-order valence-corrected chi connectivity index (χ3v) is 2.89. The van der Waals surface area contributed by atoms with Gasteiger partial charge in [-0.3, -0.25) is 14.8 Å². The first-order valence-electron chi connectivity index (χ1n) is 6.77. The van der Waals surface area contributed by atoms with E-state index >= 15 is 0 Å². The molecule has 1 heterocycles. The molecule has 0 aliphatic heterocycles. The van der Waals surface area contributed by atoms with Gasteiger partial charge in [0.1, 0.15) is 18.1 Å². The first-order valence-corrected chi connectivity index (χ1v) is 6.77. The fourth-order valence-electron chi connectivity index (χ4n) is 1.91. The lowest BCUT2D eigenvalue weighted by atomic mass is 10.1. The summed E-state index contributed by atoms with van der Waals surface area (Å²) in [5.41, 5.74) is 1.68. The van der Waals surface area contributed by atoms with E-state index < -0.39 is 5.91 Å². The number of carbonyl (C=O) groups excluding carboxylic acids is 1. The van der Waals surface area contributed by atoms with Crippen LogP contribution < -0.4 is 10.1 Å². The van der Waals surface area contributed by atoms with E-state index in [-0.39, 0.29) is 18.9 Å². The predicted molar refractivity (Wildman–Crippen MR) is 88.3 cm³/mol. The van der Waals surface area contributed by atoms with Gasteiger partial charge in [-0.05, 0) is 12.8 Å². The van der Waals surface area contributed by atoms with Crippen molar-refractivity contribution in [3.05, 3.63) is 48.6 Å². The topological polar surface area (TPSA) is 96.7 Å². The molecular weight excluding hydrogens is 296 g/mol. The van der Waals surface area contributed by atoms with Crippen LogP contribution in [-0.2, 0) is 0 Å². The summed E-state index contributed by atoms with van der Waals surface area (Å²) >= 11 is 0. The highest BCUT2D eigenvalue weighted by Gasteiger charge is 2.14. The van der Waals surface area contributed by atoms with E-state index in [1.54, 1.807) is 18.2 Å². The molecule has 118 valence electrons. The largest absolute Gasteiger partial charge is 0.491 e. The predicted octanol–water partition coefficient (Wildman–Crippen LogP) is 2.08. The smallest absolute Gasteiger partial charge is 0.275 e. The number of hydrogen-bond donors (Lipinski definition) is 2. The summed E-state index contributed by atoms with van der Waals surface area (Å²) in [6.45, 7) is 7.24. The van der Waals surface area contributed by atoms with Crippen molar-refractivity contribution in [2.24, 2.45) is 4.99 Å². The van der Waals surface area contributed by atoms with Crippen molar-refractivity contribution in [2.75, 3.05) is 18.5 Å². The summed E-state index contributed by atoms with van der Waals surface area (Å²) in [5, 5.41) is 11.6. The fourth-order valence-corrected chi connectivity index (χ4v) is 1.91. The van der Waals surface area contributed by atoms with Gasteiger partial charge in [-0.1, -0.05) is 12.7 Å². The SMILES string of the molecule is C=Cc1cc(OCCO)cc(NC(=O)c2cnccn2)c1N=C. The van der Waals surface area contributed by atoms with Gasteiger partial charge in [0.2, 0.25) is 0 Å². The molecule has 0 fully saturated rings. The third-order valence-electron chi connectivity index (χ3n) is 2.89. The number of ether oxygens (including phenoxy) is 1. The molecule has 23 heavy (non-hydrogen) atoms. The zero-order valence-electron chi connectivity index (χ0n) is 12.4. The average Bonchev–Trinajstić information content (AvgIpc) is 2.60. The lowest BCUT2D eigenvalue weighted by Crippen LogP contribution is -2.14. The number of carbonyl (C=O) groups is 1. The molecule has 0 saturated heterocycles. The van der Waals surface area contributed by atoms with Crippen LogP contribution in [0.1, 0.15) is 16.1 Å². The summed E-state index contributed by atoms with van der Waals surface area (Å²) in [5.74, 6) is 0.0353. The van der Waals surface area contributed by atoms with Crippen LogP contribution in [0, 0.1) is 0 Å². The van der Waals surface area contributed by atoms with Crippen LogP contribution in [0.2, 0.25) is 0 Å². The van der Waals surface area contributed by atoms with Crippen molar-refractivity contribution in [3.63, 3.8) is 0 Å². The van der Waals surface area contributed by atoms with E-state index in [0.717, 1.165) is 0 Å². The second-order valence-electron chi connectivity index (χ2n) is 4.39. The number of benzene rings is 1. The van der Waals surface area contributed by atoms with Crippen molar-refractivity contribution in [1.82, 2.24) is 9.97 Å². The van der Waals surface area contributed by atoms with Gasteiger partial charge in [0.15, 0.2) is 0 Å². The van der Waals surface area contributed by atoms with Gasteiger partial charge < -0.3 is 15.2 Å². The lowest BCUT2D eigenvalue weighted by molar-refractivity contribution is 0.102. The number of aromatic nitrogens is 2. The molecule has 0 spiro atoms. The minimum absolute atomic E-state index is 0.119. The van der Waals surface area contributed by atoms with Crippen LogP contribution in [0.4, 0.5) is 11.4 Å². The highest BCUT2D eigenvalue weighted by atomic mass is 16.5.